The second kappa shape index (κ2) is 10.00. The molecule has 142 valence electrons. The molecule has 0 radical (unpaired) electrons. The third-order valence-electron chi connectivity index (χ3n) is 4.66. The summed E-state index contributed by atoms with van der Waals surface area (Å²) >= 11 is 1.61. The lowest BCUT2D eigenvalue weighted by atomic mass is 10.1. The maximum atomic E-state index is 13.8. The maximum absolute atomic E-state index is 13.8. The highest BCUT2D eigenvalue weighted by atomic mass is 35.5. The van der Waals surface area contributed by atoms with Crippen molar-refractivity contribution in [3.05, 3.63) is 57.8 Å². The van der Waals surface area contributed by atoms with Crippen molar-refractivity contribution in [3.63, 3.8) is 0 Å². The van der Waals surface area contributed by atoms with Crippen molar-refractivity contribution in [2.24, 2.45) is 0 Å². The molecule has 1 amide bonds. The monoisotopic (exact) mass is 400 g/mol. The van der Waals surface area contributed by atoms with Crippen molar-refractivity contribution < 1.29 is 13.6 Å². The van der Waals surface area contributed by atoms with Crippen molar-refractivity contribution in [1.29, 1.82) is 0 Å². The number of carbonyl (C=O) groups is 1. The molecule has 0 aliphatic carbocycles. The molecule has 2 heterocycles. The van der Waals surface area contributed by atoms with Crippen molar-refractivity contribution in [3.8, 4) is 0 Å². The van der Waals surface area contributed by atoms with E-state index in [9.17, 15) is 13.6 Å². The smallest absolute Gasteiger partial charge is 0.257 e. The molecule has 1 aliphatic heterocycles. The van der Waals surface area contributed by atoms with Gasteiger partial charge in [0.15, 0.2) is 0 Å². The standard InChI is InChI=1S/C19H22F2N2OS.ClH/c20-15-6-5-7-16(21)18(15)19(24)22-12-17(14-8-11-25-13-14)23-9-3-1-2-4-10-23;/h5-8,11,13,17H,1-4,9-10,12H2,(H,22,24);1H. The molecule has 1 aromatic carbocycles. The van der Waals surface area contributed by atoms with Crippen LogP contribution in [0.5, 0.6) is 0 Å². The molecule has 1 saturated heterocycles. The first-order chi connectivity index (χ1) is 12.2. The van der Waals surface area contributed by atoms with Crippen molar-refractivity contribution in [2.45, 2.75) is 31.7 Å². The Morgan fingerprint density at radius 3 is 2.35 bits per heavy atom. The Morgan fingerprint density at radius 1 is 1.12 bits per heavy atom. The summed E-state index contributed by atoms with van der Waals surface area (Å²) in [6.07, 6.45) is 4.71. The van der Waals surface area contributed by atoms with Gasteiger partial charge in [-0.3, -0.25) is 9.69 Å². The molecule has 1 atom stereocenters. The largest absolute Gasteiger partial charge is 0.350 e. The zero-order valence-electron chi connectivity index (χ0n) is 14.4. The Kier molecular flexibility index (Phi) is 8.00. The van der Waals surface area contributed by atoms with Gasteiger partial charge in [0.05, 0.1) is 6.04 Å². The van der Waals surface area contributed by atoms with Gasteiger partial charge < -0.3 is 5.32 Å². The van der Waals surface area contributed by atoms with E-state index in [-0.39, 0.29) is 18.4 Å². The van der Waals surface area contributed by atoms with Gasteiger partial charge in [0.2, 0.25) is 0 Å². The zero-order valence-corrected chi connectivity index (χ0v) is 16.1. The van der Waals surface area contributed by atoms with Crippen LogP contribution in [-0.4, -0.2) is 30.4 Å². The molecular formula is C19H23ClF2N2OS. The van der Waals surface area contributed by atoms with E-state index in [1.54, 1.807) is 11.3 Å². The molecule has 0 spiro atoms. The van der Waals surface area contributed by atoms with Crippen LogP contribution in [0.25, 0.3) is 0 Å². The molecule has 3 rings (SSSR count). The van der Waals surface area contributed by atoms with Gasteiger partial charge in [-0.25, -0.2) is 8.78 Å². The SMILES string of the molecule is Cl.O=C(NCC(c1ccsc1)N1CCCCCC1)c1c(F)cccc1F. The average Bonchev–Trinajstić information content (AvgIpc) is 2.98. The molecule has 0 bridgehead atoms. The van der Waals surface area contributed by atoms with E-state index in [0.29, 0.717) is 6.54 Å². The third-order valence-corrected chi connectivity index (χ3v) is 5.36. The maximum Gasteiger partial charge on any atom is 0.257 e. The fraction of sp³-hybridized carbons (Fsp3) is 0.421. The number of nitrogens with one attached hydrogen (secondary N) is 1. The minimum Gasteiger partial charge on any atom is -0.350 e. The van der Waals surface area contributed by atoms with E-state index in [1.165, 1.54) is 18.9 Å². The minimum absolute atomic E-state index is 0. The molecule has 0 saturated carbocycles. The van der Waals surface area contributed by atoms with Crippen molar-refractivity contribution >= 4 is 29.7 Å². The first kappa shape index (κ1) is 20.8. The first-order valence-electron chi connectivity index (χ1n) is 8.65. The van der Waals surface area contributed by atoms with E-state index in [4.69, 9.17) is 0 Å². The Labute approximate surface area is 162 Å². The van der Waals surface area contributed by atoms with Crippen LogP contribution < -0.4 is 5.32 Å². The number of carbonyl (C=O) groups excluding carboxylic acids is 1. The second-order valence-electron chi connectivity index (χ2n) is 6.33. The summed E-state index contributed by atoms with van der Waals surface area (Å²) in [4.78, 5) is 14.7. The highest BCUT2D eigenvalue weighted by Crippen LogP contribution is 2.25. The van der Waals surface area contributed by atoms with Crippen molar-refractivity contribution in [2.75, 3.05) is 19.6 Å². The van der Waals surface area contributed by atoms with Crippen LogP contribution >= 0.6 is 23.7 Å². The lowest BCUT2D eigenvalue weighted by Gasteiger charge is -2.30. The zero-order chi connectivity index (χ0) is 17.6. The van der Waals surface area contributed by atoms with E-state index in [1.807, 2.05) is 5.38 Å². The molecule has 1 aliphatic rings. The summed E-state index contributed by atoms with van der Waals surface area (Å²) in [7, 11) is 0. The summed E-state index contributed by atoms with van der Waals surface area (Å²) < 4.78 is 27.6. The summed E-state index contributed by atoms with van der Waals surface area (Å²) in [5.41, 5.74) is 0.628. The Hall–Kier alpha value is -1.50. The van der Waals surface area contributed by atoms with Gasteiger partial charge in [-0.2, -0.15) is 11.3 Å². The first-order valence-corrected chi connectivity index (χ1v) is 9.59. The number of benzene rings is 1. The van der Waals surface area contributed by atoms with E-state index < -0.39 is 23.1 Å². The number of hydrogen-bond acceptors (Lipinski definition) is 3. The Bertz CT molecular complexity index is 683. The lowest BCUT2D eigenvalue weighted by molar-refractivity contribution is 0.0925. The number of likely N-dealkylation sites (tertiary alicyclic amines) is 1. The number of thiophene rings is 1. The molecule has 26 heavy (non-hydrogen) atoms. The summed E-state index contributed by atoms with van der Waals surface area (Å²) in [5.74, 6) is -2.37. The summed E-state index contributed by atoms with van der Waals surface area (Å²) in [5, 5.41) is 6.82. The normalized spacial score (nSPS) is 16.4. The third kappa shape index (κ3) is 5.02. The molecule has 1 N–H and O–H groups in total. The highest BCUT2D eigenvalue weighted by Gasteiger charge is 2.24. The molecule has 1 unspecified atom stereocenters. The summed E-state index contributed by atoms with van der Waals surface area (Å²) in [6, 6.07) is 5.54. The van der Waals surface area contributed by atoms with E-state index >= 15 is 0 Å². The van der Waals surface area contributed by atoms with Crippen LogP contribution in [0.15, 0.2) is 35.0 Å². The quantitative estimate of drug-likeness (QED) is 0.782. The highest BCUT2D eigenvalue weighted by molar-refractivity contribution is 7.07. The van der Waals surface area contributed by atoms with Crippen LogP contribution in [0.2, 0.25) is 0 Å². The summed E-state index contributed by atoms with van der Waals surface area (Å²) in [6.45, 7) is 2.29. The van der Waals surface area contributed by atoms with Gasteiger partial charge in [-0.15, -0.1) is 12.4 Å². The molecule has 2 aromatic rings. The minimum atomic E-state index is -0.834. The van der Waals surface area contributed by atoms with E-state index in [0.717, 1.165) is 43.6 Å². The van der Waals surface area contributed by atoms with Gasteiger partial charge in [0.25, 0.3) is 5.91 Å². The topological polar surface area (TPSA) is 32.3 Å². The van der Waals surface area contributed by atoms with Gasteiger partial charge >= 0.3 is 0 Å². The lowest BCUT2D eigenvalue weighted by Crippen LogP contribution is -2.39. The van der Waals surface area contributed by atoms with Crippen LogP contribution in [0.1, 0.15) is 47.6 Å². The fourth-order valence-corrected chi connectivity index (χ4v) is 4.03. The fourth-order valence-electron chi connectivity index (χ4n) is 3.32. The van der Waals surface area contributed by atoms with Crippen LogP contribution in [0, 0.1) is 11.6 Å². The van der Waals surface area contributed by atoms with E-state index in [2.05, 4.69) is 21.7 Å². The van der Waals surface area contributed by atoms with Gasteiger partial charge in [0.1, 0.15) is 17.2 Å². The number of amides is 1. The van der Waals surface area contributed by atoms with Gasteiger partial charge in [-0.1, -0.05) is 18.9 Å². The van der Waals surface area contributed by atoms with Crippen LogP contribution in [0.4, 0.5) is 8.78 Å². The Balaban J connectivity index is 0.00000243. The number of rotatable bonds is 5. The van der Waals surface area contributed by atoms with Crippen LogP contribution in [0.3, 0.4) is 0 Å². The average molecular weight is 401 g/mol. The van der Waals surface area contributed by atoms with Gasteiger partial charge in [-0.05, 0) is 60.5 Å². The number of hydrogen-bond donors (Lipinski definition) is 1. The van der Waals surface area contributed by atoms with Gasteiger partial charge in [0, 0.05) is 6.54 Å². The molecular weight excluding hydrogens is 378 g/mol. The molecule has 7 heteroatoms. The molecule has 1 aromatic heterocycles. The molecule has 3 nitrogen and oxygen atoms in total. The predicted molar refractivity (Wildman–Crippen MR) is 103 cm³/mol. The van der Waals surface area contributed by atoms with Crippen LogP contribution in [-0.2, 0) is 0 Å². The Morgan fingerprint density at radius 2 is 1.77 bits per heavy atom. The van der Waals surface area contributed by atoms with Crippen molar-refractivity contribution in [1.82, 2.24) is 10.2 Å². The number of halogens is 3. The number of nitrogens with zero attached hydrogens (tertiary/aromatic N) is 1. The second-order valence-corrected chi connectivity index (χ2v) is 7.11. The predicted octanol–water partition coefficient (Wildman–Crippen LogP) is 4.80. The molecule has 1 fully saturated rings.